The molecule has 102 valence electrons. The predicted molar refractivity (Wildman–Crippen MR) is 68.9 cm³/mol. The molecule has 5 nitrogen and oxygen atoms in total. The van der Waals surface area contributed by atoms with Gasteiger partial charge in [0.25, 0.3) is 10.2 Å². The lowest BCUT2D eigenvalue weighted by molar-refractivity contribution is 0.392. The Morgan fingerprint density at radius 1 is 1.00 bits per heavy atom. The van der Waals surface area contributed by atoms with Crippen LogP contribution in [0.15, 0.2) is 0 Å². The summed E-state index contributed by atoms with van der Waals surface area (Å²) in [6.07, 6.45) is 7.14. The first kappa shape index (κ1) is 13.8. The molecule has 1 aliphatic heterocycles. The van der Waals surface area contributed by atoms with Crippen molar-refractivity contribution >= 4 is 10.2 Å². The van der Waals surface area contributed by atoms with Crippen LogP contribution in [0.5, 0.6) is 0 Å². The first-order chi connectivity index (χ1) is 8.58. The molecule has 18 heavy (non-hydrogen) atoms. The van der Waals surface area contributed by atoms with Gasteiger partial charge in [-0.2, -0.15) is 22.7 Å². The molecule has 2 aliphatic rings. The van der Waals surface area contributed by atoms with E-state index < -0.39 is 15.7 Å². The van der Waals surface area contributed by atoms with E-state index in [2.05, 4.69) is 10.8 Å². The molecule has 1 heterocycles. The quantitative estimate of drug-likeness (QED) is 0.846. The smallest absolute Gasteiger partial charge is 0.196 e. The molecule has 0 aromatic heterocycles. The highest BCUT2D eigenvalue weighted by Crippen LogP contribution is 2.30. The van der Waals surface area contributed by atoms with Crippen LogP contribution in [0, 0.1) is 11.3 Å². The minimum Gasteiger partial charge on any atom is -0.196 e. The minimum absolute atomic E-state index is 0.580. The van der Waals surface area contributed by atoms with Crippen LogP contribution in [0.25, 0.3) is 0 Å². The number of nitrogens with zero attached hydrogens (tertiary/aromatic N) is 2. The Bertz CT molecular complexity index is 413. The van der Waals surface area contributed by atoms with Crippen molar-refractivity contribution in [1.29, 1.82) is 5.26 Å². The summed E-state index contributed by atoms with van der Waals surface area (Å²) in [7, 11) is -3.50. The normalized spacial score (nSPS) is 25.5. The Hall–Kier alpha value is -0.640. The molecule has 0 aromatic carbocycles. The molecule has 2 fully saturated rings. The van der Waals surface area contributed by atoms with Gasteiger partial charge in [-0.3, -0.25) is 0 Å². The minimum atomic E-state index is -3.50. The number of nitrogens with one attached hydrogen (secondary N) is 1. The van der Waals surface area contributed by atoms with Crippen LogP contribution in [0.4, 0.5) is 0 Å². The summed E-state index contributed by atoms with van der Waals surface area (Å²) < 4.78 is 28.8. The lowest BCUT2D eigenvalue weighted by Crippen LogP contribution is -2.51. The van der Waals surface area contributed by atoms with Crippen LogP contribution in [0.2, 0.25) is 0 Å². The summed E-state index contributed by atoms with van der Waals surface area (Å²) in [5, 5.41) is 9.24. The lowest BCUT2D eigenvalue weighted by Gasteiger charge is -2.27. The second-order valence-electron chi connectivity index (χ2n) is 5.32. The standard InChI is InChI=1S/C12H21N3O2S/c13-11-12(7-3-4-8-12)14-18(16,17)15-9-5-1-2-6-10-15/h14H,1-10H2. The Labute approximate surface area is 109 Å². The molecule has 0 spiro atoms. The molecule has 0 atom stereocenters. The summed E-state index contributed by atoms with van der Waals surface area (Å²) in [5.74, 6) is 0. The Balaban J connectivity index is 2.08. The van der Waals surface area contributed by atoms with E-state index in [0.29, 0.717) is 25.9 Å². The Morgan fingerprint density at radius 3 is 2.06 bits per heavy atom. The largest absolute Gasteiger partial charge is 0.280 e. The van der Waals surface area contributed by atoms with Gasteiger partial charge in [0.05, 0.1) is 6.07 Å². The molecular formula is C12H21N3O2S. The van der Waals surface area contributed by atoms with Crippen molar-refractivity contribution in [3.05, 3.63) is 0 Å². The summed E-state index contributed by atoms with van der Waals surface area (Å²) in [4.78, 5) is 0. The number of nitriles is 1. The average molecular weight is 271 g/mol. The number of hydrogen-bond acceptors (Lipinski definition) is 3. The number of hydrogen-bond donors (Lipinski definition) is 1. The number of rotatable bonds is 3. The van der Waals surface area contributed by atoms with Crippen LogP contribution >= 0.6 is 0 Å². The van der Waals surface area contributed by atoms with Crippen molar-refractivity contribution < 1.29 is 8.42 Å². The fourth-order valence-corrected chi connectivity index (χ4v) is 4.42. The van der Waals surface area contributed by atoms with Gasteiger partial charge in [0.1, 0.15) is 5.54 Å². The molecule has 2 rings (SSSR count). The summed E-state index contributed by atoms with van der Waals surface area (Å²) >= 11 is 0. The van der Waals surface area contributed by atoms with E-state index in [4.69, 9.17) is 0 Å². The highest BCUT2D eigenvalue weighted by molar-refractivity contribution is 7.87. The van der Waals surface area contributed by atoms with Gasteiger partial charge in [-0.25, -0.2) is 0 Å². The topological polar surface area (TPSA) is 73.2 Å². The van der Waals surface area contributed by atoms with Gasteiger partial charge in [0, 0.05) is 13.1 Å². The summed E-state index contributed by atoms with van der Waals surface area (Å²) in [6, 6.07) is 2.17. The first-order valence-corrected chi connectivity index (χ1v) is 8.22. The predicted octanol–water partition coefficient (Wildman–Crippen LogP) is 1.53. The maximum Gasteiger partial charge on any atom is 0.280 e. The van der Waals surface area contributed by atoms with Gasteiger partial charge in [-0.05, 0) is 25.7 Å². The van der Waals surface area contributed by atoms with Crippen molar-refractivity contribution in [2.24, 2.45) is 0 Å². The lowest BCUT2D eigenvalue weighted by atomic mass is 10.0. The van der Waals surface area contributed by atoms with E-state index >= 15 is 0 Å². The van der Waals surface area contributed by atoms with Gasteiger partial charge in [0.2, 0.25) is 0 Å². The summed E-state index contributed by atoms with van der Waals surface area (Å²) in [5.41, 5.74) is -0.856. The maximum atomic E-state index is 12.3. The average Bonchev–Trinajstić information content (AvgIpc) is 2.63. The SMILES string of the molecule is N#CC1(NS(=O)(=O)N2CCCCCC2)CCCC1. The zero-order valence-electron chi connectivity index (χ0n) is 10.7. The maximum absolute atomic E-state index is 12.3. The van der Waals surface area contributed by atoms with Crippen molar-refractivity contribution in [2.45, 2.75) is 56.9 Å². The van der Waals surface area contributed by atoms with Crippen molar-refractivity contribution in [1.82, 2.24) is 9.03 Å². The van der Waals surface area contributed by atoms with Crippen LogP contribution in [0.3, 0.4) is 0 Å². The fraction of sp³-hybridized carbons (Fsp3) is 0.917. The van der Waals surface area contributed by atoms with E-state index in [0.717, 1.165) is 38.5 Å². The Morgan fingerprint density at radius 2 is 1.56 bits per heavy atom. The van der Waals surface area contributed by atoms with E-state index in [-0.39, 0.29) is 0 Å². The van der Waals surface area contributed by atoms with Crippen LogP contribution in [0.1, 0.15) is 51.4 Å². The second kappa shape index (κ2) is 5.55. The van der Waals surface area contributed by atoms with Crippen molar-refractivity contribution in [2.75, 3.05) is 13.1 Å². The summed E-state index contributed by atoms with van der Waals surface area (Å²) in [6.45, 7) is 1.16. The molecule has 1 aliphatic carbocycles. The molecule has 1 N–H and O–H groups in total. The molecule has 0 radical (unpaired) electrons. The van der Waals surface area contributed by atoms with E-state index in [1.165, 1.54) is 4.31 Å². The van der Waals surface area contributed by atoms with Gasteiger partial charge >= 0.3 is 0 Å². The third-order valence-corrected chi connectivity index (χ3v) is 5.59. The van der Waals surface area contributed by atoms with Crippen LogP contribution < -0.4 is 4.72 Å². The third kappa shape index (κ3) is 3.02. The van der Waals surface area contributed by atoms with Gasteiger partial charge < -0.3 is 0 Å². The highest BCUT2D eigenvalue weighted by Gasteiger charge is 2.39. The second-order valence-corrected chi connectivity index (χ2v) is 6.99. The van der Waals surface area contributed by atoms with Gasteiger partial charge in [-0.15, -0.1) is 0 Å². The molecule has 0 amide bonds. The zero-order valence-corrected chi connectivity index (χ0v) is 11.5. The van der Waals surface area contributed by atoms with Crippen molar-refractivity contribution in [3.8, 4) is 6.07 Å². The van der Waals surface area contributed by atoms with Gasteiger partial charge in [-0.1, -0.05) is 25.7 Å². The molecule has 1 saturated heterocycles. The fourth-order valence-electron chi connectivity index (χ4n) is 2.81. The van der Waals surface area contributed by atoms with E-state index in [1.807, 2.05) is 0 Å². The molecule has 6 heteroatoms. The van der Waals surface area contributed by atoms with Gasteiger partial charge in [0.15, 0.2) is 0 Å². The molecule has 0 bridgehead atoms. The Kier molecular flexibility index (Phi) is 4.25. The monoisotopic (exact) mass is 271 g/mol. The zero-order chi connectivity index (χ0) is 13.1. The molecular weight excluding hydrogens is 250 g/mol. The third-order valence-electron chi connectivity index (χ3n) is 3.90. The molecule has 1 saturated carbocycles. The molecule has 0 unspecified atom stereocenters. The molecule has 0 aromatic rings. The first-order valence-electron chi connectivity index (χ1n) is 6.78. The van der Waals surface area contributed by atoms with E-state index in [9.17, 15) is 13.7 Å². The van der Waals surface area contributed by atoms with Crippen LogP contribution in [-0.4, -0.2) is 31.4 Å². The van der Waals surface area contributed by atoms with Crippen molar-refractivity contribution in [3.63, 3.8) is 0 Å². The highest BCUT2D eigenvalue weighted by atomic mass is 32.2. The van der Waals surface area contributed by atoms with E-state index in [1.54, 1.807) is 0 Å². The van der Waals surface area contributed by atoms with Crippen LogP contribution in [-0.2, 0) is 10.2 Å².